The van der Waals surface area contributed by atoms with Crippen LogP contribution in [0.5, 0.6) is 5.75 Å². The van der Waals surface area contributed by atoms with Crippen molar-refractivity contribution in [2.75, 3.05) is 6.61 Å². The van der Waals surface area contributed by atoms with Gasteiger partial charge in [0, 0.05) is 6.07 Å². The Labute approximate surface area is 90.6 Å². The molecule has 3 nitrogen and oxygen atoms in total. The predicted molar refractivity (Wildman–Crippen MR) is 60.8 cm³/mol. The van der Waals surface area contributed by atoms with Gasteiger partial charge in [-0.1, -0.05) is 24.0 Å². The minimum atomic E-state index is -0.283. The molecule has 1 heterocycles. The minimum Gasteiger partial charge on any atom is -0.489 e. The van der Waals surface area contributed by atoms with Crippen LogP contribution in [0, 0.1) is 6.92 Å². The highest BCUT2D eigenvalue weighted by Crippen LogP contribution is 2.26. The van der Waals surface area contributed by atoms with Crippen LogP contribution in [0.15, 0.2) is 34.0 Å². The van der Waals surface area contributed by atoms with E-state index in [0.717, 1.165) is 21.6 Å². The summed E-state index contributed by atoms with van der Waals surface area (Å²) in [5, 5.41) is 0. The maximum atomic E-state index is 11.1. The number of aryl methyl sites for hydroxylation is 1. The van der Waals surface area contributed by atoms with Gasteiger partial charge in [0.2, 0.25) is 0 Å². The smallest absolute Gasteiger partial charge is 0.396 e. The Hall–Kier alpha value is -1.55. The molecule has 0 N–H and O–H groups in total. The van der Waals surface area contributed by atoms with Crippen molar-refractivity contribution in [3.63, 3.8) is 0 Å². The second kappa shape index (κ2) is 3.90. The van der Waals surface area contributed by atoms with E-state index in [2.05, 4.69) is 6.58 Å². The van der Waals surface area contributed by atoms with Gasteiger partial charge in [-0.3, -0.25) is 0 Å². The van der Waals surface area contributed by atoms with Gasteiger partial charge < -0.3 is 9.15 Å². The fraction of sp³-hybridized carbons (Fsp3) is 0.182. The lowest BCUT2D eigenvalue weighted by Crippen LogP contribution is -1.92. The number of benzene rings is 1. The number of hydrogen-bond donors (Lipinski definition) is 0. The zero-order valence-corrected chi connectivity index (χ0v) is 9.10. The molecule has 0 saturated carbocycles. The van der Waals surface area contributed by atoms with Crippen molar-refractivity contribution in [3.05, 3.63) is 40.1 Å². The molecule has 0 aliphatic heterocycles. The molecule has 0 bridgehead atoms. The van der Waals surface area contributed by atoms with Crippen molar-refractivity contribution < 1.29 is 9.15 Å². The molecular weight excluding hydrogens is 212 g/mol. The van der Waals surface area contributed by atoms with Crippen LogP contribution < -0.4 is 9.68 Å². The molecular formula is C11H10O3S. The Morgan fingerprint density at radius 2 is 2.40 bits per heavy atom. The van der Waals surface area contributed by atoms with Gasteiger partial charge in [0.05, 0.1) is 4.70 Å². The molecule has 4 heteroatoms. The van der Waals surface area contributed by atoms with E-state index < -0.39 is 0 Å². The normalized spacial score (nSPS) is 10.5. The summed E-state index contributed by atoms with van der Waals surface area (Å²) >= 11 is 1.11. The third-order valence-electron chi connectivity index (χ3n) is 1.96. The Morgan fingerprint density at radius 1 is 1.60 bits per heavy atom. The summed E-state index contributed by atoms with van der Waals surface area (Å²) in [6.45, 7) is 5.94. The molecule has 1 aromatic carbocycles. The molecule has 0 unspecified atom stereocenters. The van der Waals surface area contributed by atoms with Crippen molar-refractivity contribution >= 4 is 21.6 Å². The highest BCUT2D eigenvalue weighted by atomic mass is 32.1. The first kappa shape index (κ1) is 9.98. The zero-order chi connectivity index (χ0) is 10.8. The molecule has 0 atom stereocenters. The average Bonchev–Trinajstić information content (AvgIpc) is 2.56. The lowest BCUT2D eigenvalue weighted by Gasteiger charge is -2.03. The highest BCUT2D eigenvalue weighted by molar-refractivity contribution is 7.16. The zero-order valence-electron chi connectivity index (χ0n) is 8.28. The SMILES string of the molecule is C=CCOc1cc(C)c2sc(=O)oc2c1. The van der Waals surface area contributed by atoms with E-state index in [9.17, 15) is 4.79 Å². The van der Waals surface area contributed by atoms with Gasteiger partial charge >= 0.3 is 4.94 Å². The van der Waals surface area contributed by atoms with Crippen molar-refractivity contribution in [2.45, 2.75) is 6.92 Å². The Kier molecular flexibility index (Phi) is 2.60. The fourth-order valence-corrected chi connectivity index (χ4v) is 2.07. The predicted octanol–water partition coefficient (Wildman–Crippen LogP) is 2.73. The molecule has 1 aromatic heterocycles. The van der Waals surface area contributed by atoms with Gasteiger partial charge in [-0.15, -0.1) is 0 Å². The Balaban J connectivity index is 2.51. The summed E-state index contributed by atoms with van der Waals surface area (Å²) in [4.78, 5) is 10.8. The first-order chi connectivity index (χ1) is 7.20. The van der Waals surface area contributed by atoms with Crippen LogP contribution in [0.4, 0.5) is 0 Å². The van der Waals surface area contributed by atoms with Crippen LogP contribution in [0.1, 0.15) is 5.56 Å². The molecule has 2 rings (SSSR count). The maximum absolute atomic E-state index is 11.1. The minimum absolute atomic E-state index is 0.283. The van der Waals surface area contributed by atoms with Crippen LogP contribution in [0.25, 0.3) is 10.3 Å². The summed E-state index contributed by atoms with van der Waals surface area (Å²) < 4.78 is 11.3. The first-order valence-electron chi connectivity index (χ1n) is 4.48. The lowest BCUT2D eigenvalue weighted by atomic mass is 10.2. The summed E-state index contributed by atoms with van der Waals surface area (Å²) in [7, 11) is 0. The number of ether oxygens (including phenoxy) is 1. The van der Waals surface area contributed by atoms with Gasteiger partial charge in [-0.2, -0.15) is 0 Å². The van der Waals surface area contributed by atoms with Crippen LogP contribution in [0.3, 0.4) is 0 Å². The lowest BCUT2D eigenvalue weighted by molar-refractivity contribution is 0.363. The van der Waals surface area contributed by atoms with Gasteiger partial charge in [-0.05, 0) is 18.6 Å². The standard InChI is InChI=1S/C11H10O3S/c1-3-4-13-8-5-7(2)10-9(6-8)14-11(12)15-10/h3,5-6H,1,4H2,2H3. The molecule has 0 aliphatic carbocycles. The summed E-state index contributed by atoms with van der Waals surface area (Å²) in [5.41, 5.74) is 1.58. The van der Waals surface area contributed by atoms with Crippen molar-refractivity contribution in [3.8, 4) is 5.75 Å². The van der Waals surface area contributed by atoms with Crippen LogP contribution in [-0.4, -0.2) is 6.61 Å². The fourth-order valence-electron chi connectivity index (χ4n) is 1.35. The van der Waals surface area contributed by atoms with Crippen molar-refractivity contribution in [1.29, 1.82) is 0 Å². The van der Waals surface area contributed by atoms with Crippen LogP contribution >= 0.6 is 11.3 Å². The first-order valence-corrected chi connectivity index (χ1v) is 5.30. The molecule has 0 amide bonds. The number of rotatable bonds is 3. The topological polar surface area (TPSA) is 39.4 Å². The average molecular weight is 222 g/mol. The van der Waals surface area contributed by atoms with Gasteiger partial charge in [-0.25, -0.2) is 4.79 Å². The van der Waals surface area contributed by atoms with Crippen molar-refractivity contribution in [2.24, 2.45) is 0 Å². The molecule has 0 saturated heterocycles. The summed E-state index contributed by atoms with van der Waals surface area (Å²) in [6.07, 6.45) is 1.67. The van der Waals surface area contributed by atoms with E-state index in [1.807, 2.05) is 13.0 Å². The van der Waals surface area contributed by atoms with Gasteiger partial charge in [0.1, 0.15) is 12.4 Å². The Bertz CT molecular complexity index is 550. The second-order valence-corrected chi connectivity index (χ2v) is 4.07. The van der Waals surface area contributed by atoms with Crippen LogP contribution in [-0.2, 0) is 0 Å². The maximum Gasteiger partial charge on any atom is 0.396 e. The van der Waals surface area contributed by atoms with E-state index >= 15 is 0 Å². The molecule has 0 fully saturated rings. The molecule has 78 valence electrons. The molecule has 0 spiro atoms. The highest BCUT2D eigenvalue weighted by Gasteiger charge is 2.07. The van der Waals surface area contributed by atoms with Gasteiger partial charge in [0.15, 0.2) is 5.58 Å². The largest absolute Gasteiger partial charge is 0.489 e. The Morgan fingerprint density at radius 3 is 3.13 bits per heavy atom. The summed E-state index contributed by atoms with van der Waals surface area (Å²) in [6, 6.07) is 3.61. The van der Waals surface area contributed by atoms with Gasteiger partial charge in [0.25, 0.3) is 0 Å². The number of hydrogen-bond acceptors (Lipinski definition) is 4. The number of fused-ring (bicyclic) bond motifs is 1. The van der Waals surface area contributed by atoms with Crippen molar-refractivity contribution in [1.82, 2.24) is 0 Å². The second-order valence-electron chi connectivity index (χ2n) is 3.12. The van der Waals surface area contributed by atoms with E-state index in [4.69, 9.17) is 9.15 Å². The molecule has 2 aromatic rings. The third kappa shape index (κ3) is 1.94. The van der Waals surface area contributed by atoms with E-state index in [-0.39, 0.29) is 4.94 Å². The van der Waals surface area contributed by atoms with Crippen LogP contribution in [0.2, 0.25) is 0 Å². The van der Waals surface area contributed by atoms with E-state index in [0.29, 0.717) is 17.9 Å². The monoisotopic (exact) mass is 222 g/mol. The molecule has 0 radical (unpaired) electrons. The summed E-state index contributed by atoms with van der Waals surface area (Å²) in [5.74, 6) is 0.696. The quantitative estimate of drug-likeness (QED) is 0.749. The third-order valence-corrected chi connectivity index (χ3v) is 2.94. The van der Waals surface area contributed by atoms with E-state index in [1.165, 1.54) is 0 Å². The molecule has 15 heavy (non-hydrogen) atoms. The molecule has 0 aliphatic rings. The van der Waals surface area contributed by atoms with E-state index in [1.54, 1.807) is 12.1 Å².